The number of ether oxygens (including phenoxy) is 1. The van der Waals surface area contributed by atoms with E-state index in [1.807, 2.05) is 0 Å². The average Bonchev–Trinajstić information content (AvgIpc) is 2.39. The van der Waals surface area contributed by atoms with E-state index in [1.165, 1.54) is 18.3 Å². The quantitative estimate of drug-likeness (QED) is 0.881. The van der Waals surface area contributed by atoms with Crippen molar-refractivity contribution in [2.75, 3.05) is 5.73 Å². The Bertz CT molecular complexity index is 617. The zero-order chi connectivity index (χ0) is 13.8. The standard InChI is InChI=1S/C13H11FN2O3/c14-10-4-2-1-3-8(10)7-19-12-5-9(13(17)18)11(15)6-16-12/h1-6H,7,15H2,(H,17,18). The summed E-state index contributed by atoms with van der Waals surface area (Å²) in [5.41, 5.74) is 5.77. The molecule has 98 valence electrons. The lowest BCUT2D eigenvalue weighted by atomic mass is 10.2. The summed E-state index contributed by atoms with van der Waals surface area (Å²) < 4.78 is 18.6. The molecule has 1 heterocycles. The van der Waals surface area contributed by atoms with Crippen LogP contribution in [0.5, 0.6) is 5.88 Å². The van der Waals surface area contributed by atoms with Crippen LogP contribution in [0.3, 0.4) is 0 Å². The summed E-state index contributed by atoms with van der Waals surface area (Å²) in [4.78, 5) is 14.7. The van der Waals surface area contributed by atoms with E-state index < -0.39 is 11.8 Å². The number of aromatic carboxylic acids is 1. The summed E-state index contributed by atoms with van der Waals surface area (Å²) in [6.07, 6.45) is 1.19. The molecule has 0 bridgehead atoms. The predicted molar refractivity (Wildman–Crippen MR) is 66.3 cm³/mol. The topological polar surface area (TPSA) is 85.4 Å². The van der Waals surface area contributed by atoms with Crippen LogP contribution in [0.25, 0.3) is 0 Å². The van der Waals surface area contributed by atoms with E-state index in [4.69, 9.17) is 15.6 Å². The van der Waals surface area contributed by atoms with Gasteiger partial charge >= 0.3 is 5.97 Å². The molecule has 0 saturated heterocycles. The third-order valence-electron chi connectivity index (χ3n) is 2.47. The maximum Gasteiger partial charge on any atom is 0.338 e. The van der Waals surface area contributed by atoms with E-state index in [1.54, 1.807) is 18.2 Å². The van der Waals surface area contributed by atoms with E-state index in [0.717, 1.165) is 0 Å². The van der Waals surface area contributed by atoms with Crippen LogP contribution in [0.4, 0.5) is 10.1 Å². The van der Waals surface area contributed by atoms with Crippen molar-refractivity contribution in [1.29, 1.82) is 0 Å². The van der Waals surface area contributed by atoms with Gasteiger partial charge < -0.3 is 15.6 Å². The summed E-state index contributed by atoms with van der Waals surface area (Å²) in [6.45, 7) is -0.0390. The van der Waals surface area contributed by atoms with Gasteiger partial charge in [-0.3, -0.25) is 0 Å². The Kier molecular flexibility index (Phi) is 3.61. The molecule has 0 amide bonds. The molecule has 0 radical (unpaired) electrons. The van der Waals surface area contributed by atoms with Crippen LogP contribution in [0.15, 0.2) is 36.5 Å². The van der Waals surface area contributed by atoms with Crippen LogP contribution < -0.4 is 10.5 Å². The number of benzene rings is 1. The first-order valence-corrected chi connectivity index (χ1v) is 5.43. The van der Waals surface area contributed by atoms with Crippen molar-refractivity contribution in [2.45, 2.75) is 6.61 Å². The van der Waals surface area contributed by atoms with Crippen LogP contribution >= 0.6 is 0 Å². The number of carboxylic acids is 1. The van der Waals surface area contributed by atoms with Crippen molar-refractivity contribution in [3.63, 3.8) is 0 Å². The van der Waals surface area contributed by atoms with Gasteiger partial charge in [-0.25, -0.2) is 14.2 Å². The first-order valence-electron chi connectivity index (χ1n) is 5.43. The highest BCUT2D eigenvalue weighted by Gasteiger charge is 2.11. The minimum atomic E-state index is -1.17. The van der Waals surface area contributed by atoms with E-state index in [0.29, 0.717) is 5.56 Å². The van der Waals surface area contributed by atoms with Crippen molar-refractivity contribution in [3.8, 4) is 5.88 Å². The third kappa shape index (κ3) is 2.98. The molecular formula is C13H11FN2O3. The largest absolute Gasteiger partial charge is 0.478 e. The second-order valence-corrected chi connectivity index (χ2v) is 3.80. The third-order valence-corrected chi connectivity index (χ3v) is 2.47. The van der Waals surface area contributed by atoms with Crippen molar-refractivity contribution in [1.82, 2.24) is 4.98 Å². The van der Waals surface area contributed by atoms with Crippen LogP contribution in [-0.4, -0.2) is 16.1 Å². The second kappa shape index (κ2) is 5.34. The molecule has 2 aromatic rings. The first kappa shape index (κ1) is 12.8. The van der Waals surface area contributed by atoms with Crippen molar-refractivity contribution in [3.05, 3.63) is 53.5 Å². The molecule has 0 saturated carbocycles. The molecule has 1 aromatic carbocycles. The zero-order valence-corrected chi connectivity index (χ0v) is 9.84. The van der Waals surface area contributed by atoms with Crippen LogP contribution in [0.2, 0.25) is 0 Å². The minimum absolute atomic E-state index is 0.0390. The van der Waals surface area contributed by atoms with E-state index in [2.05, 4.69) is 4.98 Å². The number of halogens is 1. The summed E-state index contributed by atoms with van der Waals surface area (Å²) in [7, 11) is 0. The minimum Gasteiger partial charge on any atom is -0.478 e. The summed E-state index contributed by atoms with van der Waals surface area (Å²) >= 11 is 0. The molecule has 0 fully saturated rings. The van der Waals surface area contributed by atoms with Gasteiger partial charge in [0.2, 0.25) is 5.88 Å². The van der Waals surface area contributed by atoms with E-state index >= 15 is 0 Å². The lowest BCUT2D eigenvalue weighted by Crippen LogP contribution is -2.05. The second-order valence-electron chi connectivity index (χ2n) is 3.80. The van der Waals surface area contributed by atoms with Crippen LogP contribution in [0, 0.1) is 5.82 Å². The average molecular weight is 262 g/mol. The number of carboxylic acid groups (broad SMARTS) is 1. The number of anilines is 1. The Morgan fingerprint density at radius 1 is 1.42 bits per heavy atom. The molecule has 0 aliphatic rings. The molecule has 0 spiro atoms. The maximum absolute atomic E-state index is 13.3. The summed E-state index contributed by atoms with van der Waals surface area (Å²) in [5.74, 6) is -1.48. The summed E-state index contributed by atoms with van der Waals surface area (Å²) in [6, 6.07) is 7.35. The molecule has 1 aromatic heterocycles. The number of aromatic nitrogens is 1. The molecule has 0 unspecified atom stereocenters. The number of rotatable bonds is 4. The van der Waals surface area contributed by atoms with Gasteiger partial charge in [0.15, 0.2) is 0 Å². The Hall–Kier alpha value is -2.63. The number of hydrogen-bond acceptors (Lipinski definition) is 4. The van der Waals surface area contributed by atoms with Gasteiger partial charge in [0, 0.05) is 11.6 Å². The van der Waals surface area contributed by atoms with Crippen molar-refractivity contribution in [2.24, 2.45) is 0 Å². The van der Waals surface area contributed by atoms with Crippen molar-refractivity contribution >= 4 is 11.7 Å². The van der Waals surface area contributed by atoms with Gasteiger partial charge in [0.25, 0.3) is 0 Å². The van der Waals surface area contributed by atoms with E-state index in [9.17, 15) is 9.18 Å². The Morgan fingerprint density at radius 3 is 2.84 bits per heavy atom. The number of hydrogen-bond donors (Lipinski definition) is 2. The SMILES string of the molecule is Nc1cnc(OCc2ccccc2F)cc1C(=O)O. The molecule has 3 N–H and O–H groups in total. The molecular weight excluding hydrogens is 251 g/mol. The Labute approximate surface area is 108 Å². The van der Waals surface area contributed by atoms with Crippen LogP contribution in [-0.2, 0) is 6.61 Å². The monoisotopic (exact) mass is 262 g/mol. The summed E-state index contributed by atoms with van der Waals surface area (Å²) in [5, 5.41) is 8.90. The smallest absolute Gasteiger partial charge is 0.338 e. The highest BCUT2D eigenvalue weighted by Crippen LogP contribution is 2.18. The molecule has 5 nitrogen and oxygen atoms in total. The number of nitrogens with two attached hydrogens (primary N) is 1. The predicted octanol–water partition coefficient (Wildman–Crippen LogP) is 2.08. The fraction of sp³-hybridized carbons (Fsp3) is 0.0769. The number of carbonyl (C=O) groups is 1. The first-order chi connectivity index (χ1) is 9.08. The normalized spacial score (nSPS) is 10.2. The fourth-order valence-corrected chi connectivity index (χ4v) is 1.48. The Balaban J connectivity index is 2.14. The molecule has 6 heteroatoms. The maximum atomic E-state index is 13.3. The lowest BCUT2D eigenvalue weighted by Gasteiger charge is -2.07. The molecule has 0 aliphatic heterocycles. The van der Waals surface area contributed by atoms with Crippen LogP contribution in [0.1, 0.15) is 15.9 Å². The fourth-order valence-electron chi connectivity index (χ4n) is 1.48. The van der Waals surface area contributed by atoms with Gasteiger partial charge in [-0.1, -0.05) is 18.2 Å². The number of nitrogen functional groups attached to an aromatic ring is 1. The van der Waals surface area contributed by atoms with Gasteiger partial charge in [-0.15, -0.1) is 0 Å². The van der Waals surface area contributed by atoms with Gasteiger partial charge in [0.1, 0.15) is 12.4 Å². The number of pyridine rings is 1. The molecule has 0 aliphatic carbocycles. The molecule has 0 atom stereocenters. The molecule has 2 rings (SSSR count). The van der Waals surface area contributed by atoms with Crippen molar-refractivity contribution < 1.29 is 19.0 Å². The molecule has 19 heavy (non-hydrogen) atoms. The van der Waals surface area contributed by atoms with Gasteiger partial charge in [-0.05, 0) is 6.07 Å². The number of nitrogens with zero attached hydrogens (tertiary/aromatic N) is 1. The van der Waals surface area contributed by atoms with Gasteiger partial charge in [-0.2, -0.15) is 0 Å². The highest BCUT2D eigenvalue weighted by atomic mass is 19.1. The Morgan fingerprint density at radius 2 is 2.16 bits per heavy atom. The van der Waals surface area contributed by atoms with Gasteiger partial charge in [0.05, 0.1) is 17.4 Å². The zero-order valence-electron chi connectivity index (χ0n) is 9.84. The lowest BCUT2D eigenvalue weighted by molar-refractivity contribution is 0.0697. The van der Waals surface area contributed by atoms with E-state index in [-0.39, 0.29) is 23.7 Å². The highest BCUT2D eigenvalue weighted by molar-refractivity contribution is 5.93.